The molecule has 3 rings (SSSR count). The molecule has 0 saturated carbocycles. The minimum Gasteiger partial charge on any atom is -0.228 e. The SMILES string of the molecule is Clc1nnc(-c2ccccc2)nc1Cc1ccccc1. The lowest BCUT2D eigenvalue weighted by molar-refractivity contribution is 0.923. The molecule has 0 aliphatic rings. The Morgan fingerprint density at radius 2 is 1.45 bits per heavy atom. The summed E-state index contributed by atoms with van der Waals surface area (Å²) in [5.41, 5.74) is 2.83. The van der Waals surface area contributed by atoms with E-state index in [-0.39, 0.29) is 0 Å². The van der Waals surface area contributed by atoms with E-state index in [1.54, 1.807) is 0 Å². The van der Waals surface area contributed by atoms with E-state index in [1.165, 1.54) is 0 Å². The van der Waals surface area contributed by atoms with Crippen molar-refractivity contribution in [3.8, 4) is 11.4 Å². The van der Waals surface area contributed by atoms with Gasteiger partial charge in [-0.15, -0.1) is 10.2 Å². The van der Waals surface area contributed by atoms with Crippen LogP contribution in [-0.2, 0) is 6.42 Å². The first-order chi connectivity index (χ1) is 9.83. The van der Waals surface area contributed by atoms with Gasteiger partial charge in [0.25, 0.3) is 0 Å². The summed E-state index contributed by atoms with van der Waals surface area (Å²) in [6, 6.07) is 19.8. The molecule has 0 fully saturated rings. The van der Waals surface area contributed by atoms with Crippen LogP contribution in [0.5, 0.6) is 0 Å². The van der Waals surface area contributed by atoms with Crippen LogP contribution in [0, 0.1) is 0 Å². The van der Waals surface area contributed by atoms with Gasteiger partial charge in [0.2, 0.25) is 0 Å². The molecule has 20 heavy (non-hydrogen) atoms. The number of aromatic nitrogens is 3. The van der Waals surface area contributed by atoms with E-state index in [2.05, 4.69) is 15.2 Å². The lowest BCUT2D eigenvalue weighted by Gasteiger charge is -2.05. The Balaban J connectivity index is 1.95. The Kier molecular flexibility index (Phi) is 3.70. The van der Waals surface area contributed by atoms with Crippen molar-refractivity contribution in [1.29, 1.82) is 0 Å². The van der Waals surface area contributed by atoms with Crippen LogP contribution in [-0.4, -0.2) is 15.2 Å². The number of benzene rings is 2. The van der Waals surface area contributed by atoms with Crippen LogP contribution in [0.4, 0.5) is 0 Å². The van der Waals surface area contributed by atoms with Gasteiger partial charge in [0.1, 0.15) is 0 Å². The van der Waals surface area contributed by atoms with Gasteiger partial charge in [-0.2, -0.15) is 0 Å². The molecule has 0 saturated heterocycles. The second-order valence-corrected chi connectivity index (χ2v) is 4.76. The molecule has 0 amide bonds. The van der Waals surface area contributed by atoms with Crippen LogP contribution in [0.25, 0.3) is 11.4 Å². The highest BCUT2D eigenvalue weighted by Crippen LogP contribution is 2.19. The Labute approximate surface area is 122 Å². The summed E-state index contributed by atoms with van der Waals surface area (Å²) < 4.78 is 0. The van der Waals surface area contributed by atoms with E-state index in [0.29, 0.717) is 17.4 Å². The monoisotopic (exact) mass is 281 g/mol. The lowest BCUT2D eigenvalue weighted by Crippen LogP contribution is -2.01. The molecular formula is C16H12ClN3. The maximum atomic E-state index is 6.10. The molecule has 0 N–H and O–H groups in total. The van der Waals surface area contributed by atoms with Crippen molar-refractivity contribution in [2.24, 2.45) is 0 Å². The van der Waals surface area contributed by atoms with Crippen molar-refractivity contribution in [2.75, 3.05) is 0 Å². The number of nitrogens with zero attached hydrogens (tertiary/aromatic N) is 3. The molecule has 0 aliphatic carbocycles. The summed E-state index contributed by atoms with van der Waals surface area (Å²) in [7, 11) is 0. The van der Waals surface area contributed by atoms with Crippen LogP contribution in [0.3, 0.4) is 0 Å². The quantitative estimate of drug-likeness (QED) is 0.733. The summed E-state index contributed by atoms with van der Waals surface area (Å²) in [5.74, 6) is 0.598. The summed E-state index contributed by atoms with van der Waals surface area (Å²) in [4.78, 5) is 4.53. The minimum atomic E-state index is 0.355. The largest absolute Gasteiger partial charge is 0.228 e. The van der Waals surface area contributed by atoms with Gasteiger partial charge in [-0.3, -0.25) is 0 Å². The maximum absolute atomic E-state index is 6.10. The summed E-state index contributed by atoms with van der Waals surface area (Å²) >= 11 is 6.10. The summed E-state index contributed by atoms with van der Waals surface area (Å²) in [6.07, 6.45) is 0.648. The van der Waals surface area contributed by atoms with E-state index in [4.69, 9.17) is 11.6 Å². The zero-order valence-corrected chi connectivity index (χ0v) is 11.5. The first-order valence-electron chi connectivity index (χ1n) is 6.31. The van der Waals surface area contributed by atoms with Crippen molar-refractivity contribution >= 4 is 11.6 Å². The molecular weight excluding hydrogens is 270 g/mol. The molecule has 0 unspecified atom stereocenters. The number of hydrogen-bond donors (Lipinski definition) is 0. The third-order valence-electron chi connectivity index (χ3n) is 2.96. The molecule has 3 nitrogen and oxygen atoms in total. The van der Waals surface area contributed by atoms with Gasteiger partial charge in [0.15, 0.2) is 11.0 Å². The predicted molar refractivity (Wildman–Crippen MR) is 79.5 cm³/mol. The fourth-order valence-corrected chi connectivity index (χ4v) is 2.10. The van der Waals surface area contributed by atoms with Crippen molar-refractivity contribution < 1.29 is 0 Å². The molecule has 0 spiro atoms. The zero-order chi connectivity index (χ0) is 13.8. The van der Waals surface area contributed by atoms with E-state index in [1.807, 2.05) is 60.7 Å². The molecule has 1 heterocycles. The van der Waals surface area contributed by atoms with Crippen LogP contribution in [0.15, 0.2) is 60.7 Å². The first kappa shape index (κ1) is 12.8. The van der Waals surface area contributed by atoms with Crippen LogP contribution < -0.4 is 0 Å². The molecule has 0 atom stereocenters. The smallest absolute Gasteiger partial charge is 0.182 e. The standard InChI is InChI=1S/C16H12ClN3/c17-15-14(11-12-7-3-1-4-8-12)18-16(20-19-15)13-9-5-2-6-10-13/h1-10H,11H2. The first-order valence-corrected chi connectivity index (χ1v) is 6.69. The van der Waals surface area contributed by atoms with Crippen molar-refractivity contribution in [3.63, 3.8) is 0 Å². The Morgan fingerprint density at radius 1 is 0.800 bits per heavy atom. The third-order valence-corrected chi connectivity index (χ3v) is 3.25. The van der Waals surface area contributed by atoms with Gasteiger partial charge in [-0.1, -0.05) is 72.3 Å². The predicted octanol–water partition coefficient (Wildman–Crippen LogP) is 3.78. The van der Waals surface area contributed by atoms with Crippen LogP contribution in [0.2, 0.25) is 5.15 Å². The third kappa shape index (κ3) is 2.83. The number of rotatable bonds is 3. The molecule has 98 valence electrons. The Bertz CT molecular complexity index is 699. The lowest BCUT2D eigenvalue weighted by atomic mass is 10.1. The van der Waals surface area contributed by atoms with Crippen LogP contribution >= 0.6 is 11.6 Å². The average molecular weight is 282 g/mol. The maximum Gasteiger partial charge on any atom is 0.182 e. The van der Waals surface area contributed by atoms with Gasteiger partial charge in [-0.05, 0) is 5.56 Å². The normalized spacial score (nSPS) is 10.4. The fourth-order valence-electron chi connectivity index (χ4n) is 1.96. The topological polar surface area (TPSA) is 38.7 Å². The molecule has 0 radical (unpaired) electrons. The summed E-state index contributed by atoms with van der Waals surface area (Å²) in [6.45, 7) is 0. The Hall–Kier alpha value is -2.26. The van der Waals surface area contributed by atoms with Gasteiger partial charge in [0, 0.05) is 12.0 Å². The van der Waals surface area contributed by atoms with E-state index >= 15 is 0 Å². The highest BCUT2D eigenvalue weighted by atomic mass is 35.5. The highest BCUT2D eigenvalue weighted by molar-refractivity contribution is 6.29. The molecule has 0 aliphatic heterocycles. The van der Waals surface area contributed by atoms with E-state index in [9.17, 15) is 0 Å². The number of hydrogen-bond acceptors (Lipinski definition) is 3. The Morgan fingerprint density at radius 3 is 2.15 bits per heavy atom. The molecule has 0 bridgehead atoms. The van der Waals surface area contributed by atoms with Crippen molar-refractivity contribution in [1.82, 2.24) is 15.2 Å². The molecule has 4 heteroatoms. The van der Waals surface area contributed by atoms with Gasteiger partial charge < -0.3 is 0 Å². The zero-order valence-electron chi connectivity index (χ0n) is 10.7. The van der Waals surface area contributed by atoms with E-state index in [0.717, 1.165) is 16.8 Å². The number of halogens is 1. The summed E-state index contributed by atoms with van der Waals surface area (Å²) in [5, 5.41) is 8.42. The second kappa shape index (κ2) is 5.80. The van der Waals surface area contributed by atoms with E-state index < -0.39 is 0 Å². The van der Waals surface area contributed by atoms with Crippen molar-refractivity contribution in [3.05, 3.63) is 77.1 Å². The highest BCUT2D eigenvalue weighted by Gasteiger charge is 2.09. The fraction of sp³-hybridized carbons (Fsp3) is 0.0625. The molecule has 2 aromatic carbocycles. The molecule has 1 aromatic heterocycles. The minimum absolute atomic E-state index is 0.355. The average Bonchev–Trinajstić information content (AvgIpc) is 2.51. The van der Waals surface area contributed by atoms with Gasteiger partial charge in [-0.25, -0.2) is 4.98 Å². The van der Waals surface area contributed by atoms with Gasteiger partial charge >= 0.3 is 0 Å². The second-order valence-electron chi connectivity index (χ2n) is 4.40. The van der Waals surface area contributed by atoms with Gasteiger partial charge in [0.05, 0.1) is 5.69 Å². The van der Waals surface area contributed by atoms with Crippen LogP contribution in [0.1, 0.15) is 11.3 Å². The van der Waals surface area contributed by atoms with Crippen molar-refractivity contribution in [2.45, 2.75) is 6.42 Å². The molecule has 3 aromatic rings.